The normalized spacial score (nSPS) is 10.3. The first-order chi connectivity index (χ1) is 13.9. The molecule has 0 atom stereocenters. The molecule has 6 nitrogen and oxygen atoms in total. The van der Waals surface area contributed by atoms with E-state index in [2.05, 4.69) is 11.1 Å². The second kappa shape index (κ2) is 8.29. The average Bonchev–Trinajstić information content (AvgIpc) is 2.74. The number of anilines is 1. The minimum Gasteiger partial charge on any atom is -0.496 e. The number of halogens is 1. The first-order valence-electron chi connectivity index (χ1n) is 8.71. The number of ether oxygens (including phenoxy) is 3. The Hall–Kier alpha value is -3.43. The van der Waals surface area contributed by atoms with Crippen LogP contribution in [-0.2, 0) is 0 Å². The number of aromatic nitrogens is 1. The van der Waals surface area contributed by atoms with Gasteiger partial charge < -0.3 is 19.9 Å². The van der Waals surface area contributed by atoms with Gasteiger partial charge in [0.25, 0.3) is 0 Å². The number of nitrogens with zero attached hydrogens (tertiary/aromatic N) is 2. The molecule has 0 saturated heterocycles. The van der Waals surface area contributed by atoms with E-state index in [-0.39, 0.29) is 11.4 Å². The lowest BCUT2D eigenvalue weighted by Gasteiger charge is -2.20. The van der Waals surface area contributed by atoms with E-state index in [1.165, 1.54) is 0 Å². The van der Waals surface area contributed by atoms with Gasteiger partial charge >= 0.3 is 0 Å². The maximum atomic E-state index is 9.82. The standard InChI is InChI=1S/C22H20ClN3O3/c1-12-19(20-17(28-3)9-15(27-2)10-18(20)29-4)16(11-24)22(25)26-21(12)13-5-7-14(23)8-6-13/h5-10H,1-4H3,(H2,25,26). The largest absolute Gasteiger partial charge is 0.496 e. The number of nitriles is 1. The van der Waals surface area contributed by atoms with Crippen LogP contribution >= 0.6 is 11.6 Å². The number of hydrogen-bond donors (Lipinski definition) is 1. The van der Waals surface area contributed by atoms with Crippen LogP contribution in [-0.4, -0.2) is 26.3 Å². The highest BCUT2D eigenvalue weighted by Crippen LogP contribution is 2.46. The van der Waals surface area contributed by atoms with E-state index in [0.717, 1.165) is 11.1 Å². The van der Waals surface area contributed by atoms with Gasteiger partial charge in [-0.2, -0.15) is 5.26 Å². The van der Waals surface area contributed by atoms with Gasteiger partial charge in [-0.1, -0.05) is 23.7 Å². The Kier molecular flexibility index (Phi) is 5.81. The van der Waals surface area contributed by atoms with Crippen molar-refractivity contribution in [3.63, 3.8) is 0 Å². The quantitative estimate of drug-likeness (QED) is 0.647. The van der Waals surface area contributed by atoms with Gasteiger partial charge in [0.1, 0.15) is 34.7 Å². The zero-order valence-corrected chi connectivity index (χ0v) is 17.3. The molecule has 0 aliphatic carbocycles. The number of pyridine rings is 1. The summed E-state index contributed by atoms with van der Waals surface area (Å²) in [5, 5.41) is 10.4. The number of nitrogen functional groups attached to an aromatic ring is 1. The average molecular weight is 410 g/mol. The Morgan fingerprint density at radius 3 is 2.03 bits per heavy atom. The predicted octanol–water partition coefficient (Wildman–Crippen LogP) is 4.86. The smallest absolute Gasteiger partial charge is 0.142 e. The molecule has 7 heteroatoms. The summed E-state index contributed by atoms with van der Waals surface area (Å²) in [6.45, 7) is 1.88. The van der Waals surface area contributed by atoms with Crippen molar-refractivity contribution in [1.29, 1.82) is 5.26 Å². The van der Waals surface area contributed by atoms with Crippen LogP contribution in [0.15, 0.2) is 36.4 Å². The Balaban J connectivity index is 2.41. The fourth-order valence-corrected chi connectivity index (χ4v) is 3.39. The summed E-state index contributed by atoms with van der Waals surface area (Å²) in [5.41, 5.74) is 9.87. The third kappa shape index (κ3) is 3.65. The molecule has 0 bridgehead atoms. The molecule has 0 fully saturated rings. The molecule has 29 heavy (non-hydrogen) atoms. The molecule has 2 aromatic carbocycles. The molecular weight excluding hydrogens is 390 g/mol. The summed E-state index contributed by atoms with van der Waals surface area (Å²) in [6.07, 6.45) is 0. The Bertz CT molecular complexity index is 1080. The summed E-state index contributed by atoms with van der Waals surface area (Å²) < 4.78 is 16.5. The molecule has 0 unspecified atom stereocenters. The van der Waals surface area contributed by atoms with Gasteiger partial charge in [0.2, 0.25) is 0 Å². The highest BCUT2D eigenvalue weighted by Gasteiger charge is 2.24. The zero-order chi connectivity index (χ0) is 21.1. The van der Waals surface area contributed by atoms with Gasteiger partial charge in [0, 0.05) is 28.3 Å². The molecule has 0 aliphatic heterocycles. The van der Waals surface area contributed by atoms with Gasteiger partial charge in [-0.3, -0.25) is 0 Å². The summed E-state index contributed by atoms with van der Waals surface area (Å²) in [6, 6.07) is 12.9. The van der Waals surface area contributed by atoms with Crippen molar-refractivity contribution in [3.05, 3.63) is 52.5 Å². The number of hydrogen-bond acceptors (Lipinski definition) is 6. The summed E-state index contributed by atoms with van der Waals surface area (Å²) in [4.78, 5) is 4.48. The monoisotopic (exact) mass is 409 g/mol. The van der Waals surface area contributed by atoms with Crippen LogP contribution in [0.5, 0.6) is 17.2 Å². The van der Waals surface area contributed by atoms with Crippen LogP contribution in [0.3, 0.4) is 0 Å². The van der Waals surface area contributed by atoms with E-state index >= 15 is 0 Å². The minimum absolute atomic E-state index is 0.123. The van der Waals surface area contributed by atoms with Crippen LogP contribution in [0.2, 0.25) is 5.02 Å². The van der Waals surface area contributed by atoms with E-state index < -0.39 is 0 Å². The number of nitrogens with two attached hydrogens (primary N) is 1. The first-order valence-corrected chi connectivity index (χ1v) is 9.09. The van der Waals surface area contributed by atoms with Gasteiger partial charge in [-0.25, -0.2) is 4.98 Å². The van der Waals surface area contributed by atoms with Gasteiger partial charge in [-0.15, -0.1) is 0 Å². The van der Waals surface area contributed by atoms with Crippen molar-refractivity contribution < 1.29 is 14.2 Å². The van der Waals surface area contributed by atoms with E-state index in [1.807, 2.05) is 19.1 Å². The fourth-order valence-electron chi connectivity index (χ4n) is 3.26. The summed E-state index contributed by atoms with van der Waals surface area (Å²) in [5.74, 6) is 1.68. The number of benzene rings is 2. The molecule has 1 aromatic heterocycles. The molecule has 1 heterocycles. The number of rotatable bonds is 5. The lowest BCUT2D eigenvalue weighted by atomic mass is 9.91. The minimum atomic E-state index is 0.123. The second-order valence-electron chi connectivity index (χ2n) is 6.25. The lowest BCUT2D eigenvalue weighted by molar-refractivity contribution is 0.377. The van der Waals surface area contributed by atoms with Gasteiger partial charge in [0.05, 0.1) is 32.6 Å². The van der Waals surface area contributed by atoms with Gasteiger partial charge in [-0.05, 0) is 24.6 Å². The molecule has 0 saturated carbocycles. The molecule has 148 valence electrons. The Morgan fingerprint density at radius 2 is 1.55 bits per heavy atom. The van der Waals surface area contributed by atoms with Crippen LogP contribution in [0.1, 0.15) is 11.1 Å². The van der Waals surface area contributed by atoms with E-state index in [4.69, 9.17) is 31.5 Å². The third-order valence-corrected chi connectivity index (χ3v) is 4.92. The van der Waals surface area contributed by atoms with Crippen molar-refractivity contribution in [2.24, 2.45) is 0 Å². The molecule has 2 N–H and O–H groups in total. The van der Waals surface area contributed by atoms with E-state index in [1.54, 1.807) is 45.6 Å². The van der Waals surface area contributed by atoms with E-state index in [9.17, 15) is 5.26 Å². The Morgan fingerprint density at radius 1 is 0.966 bits per heavy atom. The highest BCUT2D eigenvalue weighted by atomic mass is 35.5. The molecule has 0 spiro atoms. The Labute approximate surface area is 174 Å². The summed E-state index contributed by atoms with van der Waals surface area (Å²) in [7, 11) is 4.65. The predicted molar refractivity (Wildman–Crippen MR) is 114 cm³/mol. The molecule has 0 amide bonds. The van der Waals surface area contributed by atoms with Crippen molar-refractivity contribution >= 4 is 17.4 Å². The van der Waals surface area contributed by atoms with Gasteiger partial charge in [0.15, 0.2) is 0 Å². The molecule has 0 radical (unpaired) electrons. The molecule has 3 rings (SSSR count). The van der Waals surface area contributed by atoms with E-state index in [0.29, 0.717) is 39.1 Å². The van der Waals surface area contributed by atoms with Crippen LogP contribution in [0, 0.1) is 18.3 Å². The SMILES string of the molecule is COc1cc(OC)c(-c2c(C)c(-c3ccc(Cl)cc3)nc(N)c2C#N)c(OC)c1. The maximum absolute atomic E-state index is 9.82. The van der Waals surface area contributed by atoms with Crippen molar-refractivity contribution in [2.75, 3.05) is 27.1 Å². The molecular formula is C22H20ClN3O3. The molecule has 3 aromatic rings. The zero-order valence-electron chi connectivity index (χ0n) is 16.5. The van der Waals surface area contributed by atoms with Crippen molar-refractivity contribution in [2.45, 2.75) is 6.92 Å². The van der Waals surface area contributed by atoms with Crippen LogP contribution < -0.4 is 19.9 Å². The highest BCUT2D eigenvalue weighted by molar-refractivity contribution is 6.30. The second-order valence-corrected chi connectivity index (χ2v) is 6.68. The van der Waals surface area contributed by atoms with Crippen LogP contribution in [0.25, 0.3) is 22.4 Å². The molecule has 0 aliphatic rings. The third-order valence-electron chi connectivity index (χ3n) is 4.66. The topological polar surface area (TPSA) is 90.4 Å². The first kappa shape index (κ1) is 20.3. The lowest BCUT2D eigenvalue weighted by Crippen LogP contribution is -2.05. The summed E-state index contributed by atoms with van der Waals surface area (Å²) >= 11 is 6.02. The fraction of sp³-hybridized carbons (Fsp3) is 0.182. The van der Waals surface area contributed by atoms with Crippen LogP contribution in [0.4, 0.5) is 5.82 Å². The van der Waals surface area contributed by atoms with Crippen molar-refractivity contribution in [1.82, 2.24) is 4.98 Å². The number of methoxy groups -OCH3 is 3. The maximum Gasteiger partial charge on any atom is 0.142 e. The van der Waals surface area contributed by atoms with Crippen molar-refractivity contribution in [3.8, 4) is 45.7 Å².